The van der Waals surface area contributed by atoms with Crippen molar-refractivity contribution in [2.24, 2.45) is 0 Å². The maximum absolute atomic E-state index is 4.04. The van der Waals surface area contributed by atoms with Crippen molar-refractivity contribution in [1.29, 1.82) is 0 Å². The number of rotatable bonds is 4. The molecule has 0 fully saturated rings. The first-order valence-corrected chi connectivity index (χ1v) is 4.97. The average Bonchev–Trinajstić information content (AvgIpc) is 2.05. The van der Waals surface area contributed by atoms with E-state index in [1.165, 1.54) is 12.8 Å². The van der Waals surface area contributed by atoms with Gasteiger partial charge in [-0.2, -0.15) is 0 Å². The lowest BCUT2D eigenvalue weighted by atomic mass is 10.3. The molecule has 66 valence electrons. The Balaban J connectivity index is 2.41. The Morgan fingerprint density at radius 2 is 2.42 bits per heavy atom. The van der Waals surface area contributed by atoms with Crippen LogP contribution in [0.2, 0.25) is 0 Å². The zero-order chi connectivity index (χ0) is 8.81. The van der Waals surface area contributed by atoms with Crippen LogP contribution in [0, 0.1) is 0 Å². The van der Waals surface area contributed by atoms with Crippen LogP contribution in [-0.4, -0.2) is 11.5 Å². The fourth-order valence-corrected chi connectivity index (χ4v) is 1.29. The summed E-state index contributed by atoms with van der Waals surface area (Å²) in [6.45, 7) is 3.22. The second-order valence-corrected chi connectivity index (χ2v) is 3.46. The molecule has 1 N–H and O–H groups in total. The molecule has 12 heavy (non-hydrogen) atoms. The van der Waals surface area contributed by atoms with E-state index in [0.29, 0.717) is 0 Å². The van der Waals surface area contributed by atoms with Gasteiger partial charge in [0.25, 0.3) is 0 Å². The van der Waals surface area contributed by atoms with Gasteiger partial charge in [-0.25, -0.2) is 4.98 Å². The van der Waals surface area contributed by atoms with Crippen LogP contribution in [0.25, 0.3) is 0 Å². The van der Waals surface area contributed by atoms with E-state index in [0.717, 1.165) is 16.8 Å². The number of unbranched alkanes of at least 4 members (excludes halogenated alkanes) is 1. The molecule has 0 radical (unpaired) electrons. The molecule has 1 aromatic rings. The maximum Gasteiger partial charge on any atom is 0.108 e. The number of anilines is 1. The topological polar surface area (TPSA) is 24.9 Å². The third-order valence-electron chi connectivity index (χ3n) is 1.59. The molecule has 1 rings (SSSR count). The molecule has 0 bridgehead atoms. The van der Waals surface area contributed by atoms with Crippen LogP contribution in [0.3, 0.4) is 0 Å². The van der Waals surface area contributed by atoms with E-state index >= 15 is 0 Å². The van der Waals surface area contributed by atoms with E-state index in [-0.39, 0.29) is 0 Å². The van der Waals surface area contributed by atoms with Crippen LogP contribution in [0.15, 0.2) is 22.9 Å². The van der Waals surface area contributed by atoms with Crippen LogP contribution < -0.4 is 5.32 Å². The fourth-order valence-electron chi connectivity index (χ4n) is 0.922. The Morgan fingerprint density at radius 1 is 1.58 bits per heavy atom. The number of pyridine rings is 1. The lowest BCUT2D eigenvalue weighted by Crippen LogP contribution is -2.00. The lowest BCUT2D eigenvalue weighted by Gasteiger charge is -2.04. The Labute approximate surface area is 81.5 Å². The van der Waals surface area contributed by atoms with Gasteiger partial charge in [0, 0.05) is 18.4 Å². The summed E-state index contributed by atoms with van der Waals surface area (Å²) in [6, 6.07) is 3.95. The van der Waals surface area contributed by atoms with E-state index in [9.17, 15) is 0 Å². The molecule has 1 aromatic heterocycles. The highest BCUT2D eigenvalue weighted by molar-refractivity contribution is 9.10. The molecule has 0 aromatic carbocycles. The summed E-state index contributed by atoms with van der Waals surface area (Å²) in [5.41, 5.74) is 1.13. The number of halogens is 1. The Kier molecular flexibility index (Phi) is 4.08. The second-order valence-electron chi connectivity index (χ2n) is 2.65. The van der Waals surface area contributed by atoms with Crippen molar-refractivity contribution in [3.63, 3.8) is 0 Å². The first-order valence-electron chi connectivity index (χ1n) is 4.18. The van der Waals surface area contributed by atoms with Gasteiger partial charge in [-0.05, 0) is 34.5 Å². The monoisotopic (exact) mass is 228 g/mol. The van der Waals surface area contributed by atoms with E-state index in [4.69, 9.17) is 0 Å². The SMILES string of the molecule is CCCCNc1ccnc(Br)c1. The minimum absolute atomic E-state index is 0.879. The van der Waals surface area contributed by atoms with Crippen LogP contribution in [-0.2, 0) is 0 Å². The van der Waals surface area contributed by atoms with Gasteiger partial charge in [-0.15, -0.1) is 0 Å². The standard InChI is InChI=1S/C9H13BrN2/c1-2-3-5-11-8-4-6-12-9(10)7-8/h4,6-7H,2-3,5H2,1H3,(H,11,12). The second kappa shape index (κ2) is 5.14. The highest BCUT2D eigenvalue weighted by Crippen LogP contribution is 2.12. The number of aromatic nitrogens is 1. The number of nitrogens with zero attached hydrogens (tertiary/aromatic N) is 1. The lowest BCUT2D eigenvalue weighted by molar-refractivity contribution is 0.834. The first-order chi connectivity index (χ1) is 5.83. The smallest absolute Gasteiger partial charge is 0.108 e. The molecule has 3 heteroatoms. The summed E-state index contributed by atoms with van der Waals surface area (Å²) in [5.74, 6) is 0. The molecular formula is C9H13BrN2. The highest BCUT2D eigenvalue weighted by Gasteiger charge is 1.91. The Morgan fingerprint density at radius 3 is 3.08 bits per heavy atom. The van der Waals surface area contributed by atoms with Gasteiger partial charge in [-0.1, -0.05) is 13.3 Å². The third kappa shape index (κ3) is 3.22. The minimum atomic E-state index is 0.879. The molecule has 0 saturated carbocycles. The molecule has 0 amide bonds. The van der Waals surface area contributed by atoms with Gasteiger partial charge < -0.3 is 5.32 Å². The van der Waals surface area contributed by atoms with Crippen molar-refractivity contribution in [1.82, 2.24) is 4.98 Å². The van der Waals surface area contributed by atoms with Gasteiger partial charge in [0.05, 0.1) is 0 Å². The van der Waals surface area contributed by atoms with E-state index < -0.39 is 0 Å². The fraction of sp³-hybridized carbons (Fsp3) is 0.444. The van der Waals surface area contributed by atoms with Crippen molar-refractivity contribution >= 4 is 21.6 Å². The summed E-state index contributed by atoms with van der Waals surface area (Å²) in [5, 5.41) is 3.32. The maximum atomic E-state index is 4.04. The number of hydrogen-bond acceptors (Lipinski definition) is 2. The Hall–Kier alpha value is -0.570. The number of hydrogen-bond donors (Lipinski definition) is 1. The molecule has 0 aliphatic rings. The van der Waals surface area contributed by atoms with Gasteiger partial charge in [0.2, 0.25) is 0 Å². The van der Waals surface area contributed by atoms with Crippen molar-refractivity contribution in [3.05, 3.63) is 22.9 Å². The predicted molar refractivity (Wildman–Crippen MR) is 55.3 cm³/mol. The molecule has 1 heterocycles. The van der Waals surface area contributed by atoms with Crippen LogP contribution in [0.4, 0.5) is 5.69 Å². The number of nitrogens with one attached hydrogen (secondary N) is 1. The molecule has 0 aliphatic heterocycles. The van der Waals surface area contributed by atoms with Crippen LogP contribution >= 0.6 is 15.9 Å². The van der Waals surface area contributed by atoms with Crippen molar-refractivity contribution in [2.45, 2.75) is 19.8 Å². The summed E-state index contributed by atoms with van der Waals surface area (Å²) in [4.78, 5) is 4.04. The van der Waals surface area contributed by atoms with Gasteiger partial charge >= 0.3 is 0 Å². The quantitative estimate of drug-likeness (QED) is 0.634. The zero-order valence-electron chi connectivity index (χ0n) is 7.18. The largest absolute Gasteiger partial charge is 0.385 e. The molecule has 0 saturated heterocycles. The van der Waals surface area contributed by atoms with E-state index in [2.05, 4.69) is 33.2 Å². The van der Waals surface area contributed by atoms with Crippen LogP contribution in [0.1, 0.15) is 19.8 Å². The minimum Gasteiger partial charge on any atom is -0.385 e. The van der Waals surface area contributed by atoms with Gasteiger partial charge in [0.1, 0.15) is 4.60 Å². The van der Waals surface area contributed by atoms with Gasteiger partial charge in [0.15, 0.2) is 0 Å². The highest BCUT2D eigenvalue weighted by atomic mass is 79.9. The molecular weight excluding hydrogens is 216 g/mol. The summed E-state index contributed by atoms with van der Waals surface area (Å²) < 4.78 is 0.879. The van der Waals surface area contributed by atoms with Crippen LogP contribution in [0.5, 0.6) is 0 Å². The first kappa shape index (κ1) is 9.52. The summed E-state index contributed by atoms with van der Waals surface area (Å²) in [7, 11) is 0. The van der Waals surface area contributed by atoms with Crippen molar-refractivity contribution < 1.29 is 0 Å². The average molecular weight is 229 g/mol. The van der Waals surface area contributed by atoms with Crippen molar-refractivity contribution in [3.8, 4) is 0 Å². The summed E-state index contributed by atoms with van der Waals surface area (Å²) >= 11 is 3.32. The molecule has 0 atom stereocenters. The third-order valence-corrected chi connectivity index (χ3v) is 2.02. The summed E-state index contributed by atoms with van der Waals surface area (Å²) in [6.07, 6.45) is 4.22. The zero-order valence-corrected chi connectivity index (χ0v) is 8.76. The van der Waals surface area contributed by atoms with E-state index in [1.807, 2.05) is 12.1 Å². The molecule has 0 spiro atoms. The van der Waals surface area contributed by atoms with E-state index in [1.54, 1.807) is 6.20 Å². The molecule has 2 nitrogen and oxygen atoms in total. The molecule has 0 aliphatic carbocycles. The predicted octanol–water partition coefficient (Wildman–Crippen LogP) is 3.06. The normalized spacial score (nSPS) is 9.83. The van der Waals surface area contributed by atoms with Crippen molar-refractivity contribution in [2.75, 3.05) is 11.9 Å². The molecule has 0 unspecified atom stereocenters. The van der Waals surface area contributed by atoms with Gasteiger partial charge in [-0.3, -0.25) is 0 Å². The Bertz CT molecular complexity index is 238.